The van der Waals surface area contributed by atoms with Crippen molar-refractivity contribution in [2.75, 3.05) is 0 Å². The van der Waals surface area contributed by atoms with E-state index in [1.54, 1.807) is 11.3 Å². The largest absolute Gasteiger partial charge is 0.271 e. The zero-order valence-corrected chi connectivity index (χ0v) is 10.9. The fourth-order valence-corrected chi connectivity index (χ4v) is 2.63. The number of nitrogens with zero attached hydrogens (tertiary/aromatic N) is 1. The number of rotatable bonds is 4. The molecule has 17 heavy (non-hydrogen) atoms. The summed E-state index contributed by atoms with van der Waals surface area (Å²) < 4.78 is 0. The average Bonchev–Trinajstić information content (AvgIpc) is 2.82. The van der Waals surface area contributed by atoms with Gasteiger partial charge in [0.2, 0.25) is 0 Å². The minimum Gasteiger partial charge on any atom is -0.271 e. The number of aromatic nitrogens is 1. The standard InChI is InChI=1S/C13H17N3S/c1-9-4-3-5-10(2)11(9)6-12(16-14)13-7-17-8-15-13/h3-5,7-8,12,16H,6,14H2,1-2H3. The highest BCUT2D eigenvalue weighted by Gasteiger charge is 2.14. The van der Waals surface area contributed by atoms with Crippen LogP contribution in [0, 0.1) is 13.8 Å². The first-order valence-electron chi connectivity index (χ1n) is 5.61. The van der Waals surface area contributed by atoms with Gasteiger partial charge in [-0.3, -0.25) is 11.3 Å². The zero-order valence-electron chi connectivity index (χ0n) is 10.1. The van der Waals surface area contributed by atoms with Gasteiger partial charge in [0.1, 0.15) is 0 Å². The monoisotopic (exact) mass is 247 g/mol. The summed E-state index contributed by atoms with van der Waals surface area (Å²) in [7, 11) is 0. The molecule has 0 radical (unpaired) electrons. The molecular weight excluding hydrogens is 230 g/mol. The van der Waals surface area contributed by atoms with E-state index in [2.05, 4.69) is 42.5 Å². The minimum absolute atomic E-state index is 0.0843. The van der Waals surface area contributed by atoms with Gasteiger partial charge in [0.05, 0.1) is 17.2 Å². The Morgan fingerprint density at radius 3 is 2.59 bits per heavy atom. The van der Waals surface area contributed by atoms with Crippen molar-refractivity contribution in [1.82, 2.24) is 10.4 Å². The maximum Gasteiger partial charge on any atom is 0.0795 e. The van der Waals surface area contributed by atoms with Crippen LogP contribution in [0.15, 0.2) is 29.1 Å². The van der Waals surface area contributed by atoms with Gasteiger partial charge in [0, 0.05) is 5.38 Å². The van der Waals surface area contributed by atoms with Crippen LogP contribution >= 0.6 is 11.3 Å². The second-order valence-electron chi connectivity index (χ2n) is 4.21. The number of hydrogen-bond donors (Lipinski definition) is 2. The van der Waals surface area contributed by atoms with Crippen molar-refractivity contribution in [1.29, 1.82) is 0 Å². The Hall–Kier alpha value is -1.23. The van der Waals surface area contributed by atoms with Crippen LogP contribution in [0.3, 0.4) is 0 Å². The predicted molar refractivity (Wildman–Crippen MR) is 71.8 cm³/mol. The summed E-state index contributed by atoms with van der Waals surface area (Å²) in [5.41, 5.74) is 9.67. The third-order valence-corrected chi connectivity index (χ3v) is 3.67. The van der Waals surface area contributed by atoms with Gasteiger partial charge in [-0.15, -0.1) is 11.3 Å². The van der Waals surface area contributed by atoms with E-state index in [0.29, 0.717) is 0 Å². The molecule has 2 aromatic rings. The smallest absolute Gasteiger partial charge is 0.0795 e. The minimum atomic E-state index is 0.0843. The number of hydrazine groups is 1. The van der Waals surface area contributed by atoms with Crippen LogP contribution < -0.4 is 11.3 Å². The van der Waals surface area contributed by atoms with Crippen molar-refractivity contribution >= 4 is 11.3 Å². The summed E-state index contributed by atoms with van der Waals surface area (Å²) >= 11 is 1.60. The van der Waals surface area contributed by atoms with Crippen LogP contribution in [0.5, 0.6) is 0 Å². The lowest BCUT2D eigenvalue weighted by atomic mass is 9.96. The van der Waals surface area contributed by atoms with E-state index in [0.717, 1.165) is 12.1 Å². The number of nitrogens with two attached hydrogens (primary N) is 1. The molecular formula is C13H17N3S. The van der Waals surface area contributed by atoms with Crippen LogP contribution in [-0.4, -0.2) is 4.98 Å². The molecule has 0 saturated heterocycles. The first kappa shape index (κ1) is 12.2. The van der Waals surface area contributed by atoms with E-state index in [1.807, 2.05) is 10.9 Å². The quantitative estimate of drug-likeness (QED) is 0.644. The molecule has 0 spiro atoms. The highest BCUT2D eigenvalue weighted by Crippen LogP contribution is 2.22. The Bertz CT molecular complexity index is 459. The maximum absolute atomic E-state index is 5.63. The second kappa shape index (κ2) is 5.40. The first-order chi connectivity index (χ1) is 8.22. The number of thiazole rings is 1. The van der Waals surface area contributed by atoms with Crippen molar-refractivity contribution in [3.8, 4) is 0 Å². The summed E-state index contributed by atoms with van der Waals surface area (Å²) in [4.78, 5) is 4.32. The van der Waals surface area contributed by atoms with Crippen molar-refractivity contribution in [3.63, 3.8) is 0 Å². The molecule has 1 aromatic carbocycles. The van der Waals surface area contributed by atoms with E-state index < -0.39 is 0 Å². The van der Waals surface area contributed by atoms with Crippen LogP contribution in [0.1, 0.15) is 28.4 Å². The SMILES string of the molecule is Cc1cccc(C)c1CC(NN)c1cscn1. The van der Waals surface area contributed by atoms with E-state index in [9.17, 15) is 0 Å². The lowest BCUT2D eigenvalue weighted by Crippen LogP contribution is -2.30. The van der Waals surface area contributed by atoms with E-state index in [-0.39, 0.29) is 6.04 Å². The summed E-state index contributed by atoms with van der Waals surface area (Å²) in [6.45, 7) is 4.27. The van der Waals surface area contributed by atoms with Gasteiger partial charge >= 0.3 is 0 Å². The lowest BCUT2D eigenvalue weighted by molar-refractivity contribution is 0.539. The number of nitrogens with one attached hydrogen (secondary N) is 1. The van der Waals surface area contributed by atoms with Gasteiger partial charge in [0.25, 0.3) is 0 Å². The summed E-state index contributed by atoms with van der Waals surface area (Å²) in [6, 6.07) is 6.44. The maximum atomic E-state index is 5.63. The molecule has 0 aliphatic rings. The predicted octanol–water partition coefficient (Wildman–Crippen LogP) is 2.51. The Kier molecular flexibility index (Phi) is 3.89. The highest BCUT2D eigenvalue weighted by molar-refractivity contribution is 7.07. The number of aryl methyl sites for hydroxylation is 2. The van der Waals surface area contributed by atoms with Crippen molar-refractivity contribution in [3.05, 3.63) is 51.5 Å². The molecule has 1 unspecified atom stereocenters. The van der Waals surface area contributed by atoms with E-state index >= 15 is 0 Å². The Morgan fingerprint density at radius 1 is 1.35 bits per heavy atom. The molecule has 0 bridgehead atoms. The number of hydrogen-bond acceptors (Lipinski definition) is 4. The van der Waals surface area contributed by atoms with Crippen LogP contribution in [0.4, 0.5) is 0 Å². The van der Waals surface area contributed by atoms with E-state index in [1.165, 1.54) is 16.7 Å². The Labute approximate surface area is 106 Å². The fraction of sp³-hybridized carbons (Fsp3) is 0.308. The van der Waals surface area contributed by atoms with Gasteiger partial charge in [-0.05, 0) is 37.0 Å². The van der Waals surface area contributed by atoms with Gasteiger partial charge in [-0.1, -0.05) is 18.2 Å². The molecule has 3 N–H and O–H groups in total. The molecule has 0 aliphatic carbocycles. The molecule has 0 aliphatic heterocycles. The first-order valence-corrected chi connectivity index (χ1v) is 6.56. The molecule has 0 fully saturated rings. The fourth-order valence-electron chi connectivity index (χ4n) is 2.02. The molecule has 3 nitrogen and oxygen atoms in total. The molecule has 1 atom stereocenters. The van der Waals surface area contributed by atoms with Crippen molar-refractivity contribution < 1.29 is 0 Å². The molecule has 90 valence electrons. The van der Waals surface area contributed by atoms with Gasteiger partial charge in [-0.2, -0.15) is 0 Å². The average molecular weight is 247 g/mol. The van der Waals surface area contributed by atoms with Crippen LogP contribution in [-0.2, 0) is 6.42 Å². The van der Waals surface area contributed by atoms with Crippen molar-refractivity contribution in [2.45, 2.75) is 26.3 Å². The van der Waals surface area contributed by atoms with Crippen molar-refractivity contribution in [2.24, 2.45) is 5.84 Å². The molecule has 1 aromatic heterocycles. The normalized spacial score (nSPS) is 12.6. The topological polar surface area (TPSA) is 50.9 Å². The number of benzene rings is 1. The summed E-state index contributed by atoms with van der Waals surface area (Å²) in [5, 5.41) is 2.04. The van der Waals surface area contributed by atoms with Crippen LogP contribution in [0.2, 0.25) is 0 Å². The van der Waals surface area contributed by atoms with Crippen LogP contribution in [0.25, 0.3) is 0 Å². The lowest BCUT2D eigenvalue weighted by Gasteiger charge is -2.17. The second-order valence-corrected chi connectivity index (χ2v) is 4.93. The molecule has 1 heterocycles. The Morgan fingerprint density at radius 2 is 2.06 bits per heavy atom. The third kappa shape index (κ3) is 2.72. The zero-order chi connectivity index (χ0) is 12.3. The molecule has 2 rings (SSSR count). The summed E-state index contributed by atoms with van der Waals surface area (Å²) in [6.07, 6.45) is 0.874. The van der Waals surface area contributed by atoms with Gasteiger partial charge < -0.3 is 0 Å². The van der Waals surface area contributed by atoms with Gasteiger partial charge in [-0.25, -0.2) is 4.98 Å². The molecule has 0 saturated carbocycles. The third-order valence-electron chi connectivity index (χ3n) is 3.06. The Balaban J connectivity index is 2.25. The van der Waals surface area contributed by atoms with E-state index in [4.69, 9.17) is 5.84 Å². The van der Waals surface area contributed by atoms with Gasteiger partial charge in [0.15, 0.2) is 0 Å². The molecule has 4 heteroatoms. The summed E-state index contributed by atoms with van der Waals surface area (Å²) in [5.74, 6) is 5.63. The molecule has 0 amide bonds. The highest BCUT2D eigenvalue weighted by atomic mass is 32.1.